The quantitative estimate of drug-likeness (QED) is 0.523. The summed E-state index contributed by atoms with van der Waals surface area (Å²) in [4.78, 5) is 17.9. The van der Waals surface area contributed by atoms with Gasteiger partial charge in [0.15, 0.2) is 0 Å². The number of nitrogens with zero attached hydrogens (tertiary/aromatic N) is 5. The molecule has 2 aliphatic rings. The van der Waals surface area contributed by atoms with Gasteiger partial charge >= 0.3 is 0 Å². The molecule has 7 nitrogen and oxygen atoms in total. The molecule has 1 aromatic carbocycles. The summed E-state index contributed by atoms with van der Waals surface area (Å²) in [5.41, 5.74) is 2.24. The van der Waals surface area contributed by atoms with Crippen molar-refractivity contribution in [2.45, 2.75) is 43.7 Å². The third-order valence-electron chi connectivity index (χ3n) is 6.14. The monoisotopic (exact) mass is 363 g/mol. The van der Waals surface area contributed by atoms with Crippen molar-refractivity contribution in [3.8, 4) is 0 Å². The average molecular weight is 363 g/mol. The van der Waals surface area contributed by atoms with Crippen LogP contribution in [0.3, 0.4) is 0 Å². The molecular weight excluding hydrogens is 342 g/mol. The van der Waals surface area contributed by atoms with E-state index >= 15 is 0 Å². The maximum absolute atomic E-state index is 11.0. The van der Waals surface area contributed by atoms with Crippen LogP contribution >= 0.6 is 0 Å². The number of aryl methyl sites for hydroxylation is 1. The Morgan fingerprint density at radius 1 is 1.11 bits per heavy atom. The van der Waals surface area contributed by atoms with Crippen molar-refractivity contribution in [3.05, 3.63) is 58.4 Å². The molecule has 3 aromatic rings. The largest absolute Gasteiger partial charge is 0.351 e. The molecule has 0 spiro atoms. The highest BCUT2D eigenvalue weighted by atomic mass is 16.6. The fourth-order valence-electron chi connectivity index (χ4n) is 4.94. The van der Waals surface area contributed by atoms with Gasteiger partial charge in [0.25, 0.3) is 5.69 Å². The number of nitro benzene ring substituents is 1. The zero-order valence-electron chi connectivity index (χ0n) is 15.2. The van der Waals surface area contributed by atoms with Crippen molar-refractivity contribution in [1.82, 2.24) is 14.8 Å². The normalized spacial score (nSPS) is 24.5. The number of anilines is 1. The molecule has 4 heterocycles. The van der Waals surface area contributed by atoms with E-state index in [-0.39, 0.29) is 10.6 Å². The first-order chi connectivity index (χ1) is 13.1. The molecule has 1 unspecified atom stereocenters. The lowest BCUT2D eigenvalue weighted by atomic mass is 9.88. The lowest BCUT2D eigenvalue weighted by Gasteiger charge is -2.40. The van der Waals surface area contributed by atoms with E-state index in [2.05, 4.69) is 16.1 Å². The van der Waals surface area contributed by atoms with Crippen LogP contribution in [0.15, 0.2) is 42.6 Å². The molecule has 2 aliphatic heterocycles. The Morgan fingerprint density at radius 3 is 2.56 bits per heavy atom. The molecule has 138 valence electrons. The third kappa shape index (κ3) is 2.65. The van der Waals surface area contributed by atoms with Gasteiger partial charge in [-0.15, -0.1) is 0 Å². The minimum atomic E-state index is -0.364. The van der Waals surface area contributed by atoms with Crippen LogP contribution in [0.4, 0.5) is 11.5 Å². The van der Waals surface area contributed by atoms with Crippen molar-refractivity contribution in [2.24, 2.45) is 7.05 Å². The second-order valence-corrected chi connectivity index (χ2v) is 7.64. The van der Waals surface area contributed by atoms with Crippen molar-refractivity contribution in [2.75, 3.05) is 4.90 Å². The van der Waals surface area contributed by atoms with Crippen LogP contribution in [0, 0.1) is 10.1 Å². The van der Waals surface area contributed by atoms with Crippen molar-refractivity contribution in [3.63, 3.8) is 0 Å². The van der Waals surface area contributed by atoms with Crippen molar-refractivity contribution < 1.29 is 4.92 Å². The Kier molecular flexibility index (Phi) is 3.63. The minimum absolute atomic E-state index is 0.106. The van der Waals surface area contributed by atoms with E-state index in [1.54, 1.807) is 12.1 Å². The van der Waals surface area contributed by atoms with E-state index in [9.17, 15) is 10.1 Å². The molecular formula is C20H21N5O2. The van der Waals surface area contributed by atoms with Crippen LogP contribution < -0.4 is 4.90 Å². The molecule has 2 saturated heterocycles. The topological polar surface area (TPSA) is 77.1 Å². The average Bonchev–Trinajstić information content (AvgIpc) is 3.21. The number of aromatic nitrogens is 3. The number of benzene rings is 1. The maximum atomic E-state index is 11.0. The number of rotatable bonds is 3. The Labute approximate surface area is 156 Å². The van der Waals surface area contributed by atoms with Gasteiger partial charge in [0, 0.05) is 54.5 Å². The maximum Gasteiger partial charge on any atom is 0.270 e. The standard InChI is InChI=1S/C20H21N5O2/c1-23-19(8-9-21-23)14-11-15-3-4-16(12-14)24(15)20-7-2-13-10-17(25(26)27)5-6-18(13)22-20/h2,5-10,14-16H,3-4,11-12H2,1H3/t14?,15-,16+. The summed E-state index contributed by atoms with van der Waals surface area (Å²) in [5.74, 6) is 1.54. The van der Waals surface area contributed by atoms with Gasteiger partial charge < -0.3 is 4.90 Å². The predicted octanol–water partition coefficient (Wildman–Crippen LogP) is 3.79. The Hall–Kier alpha value is -2.96. The summed E-state index contributed by atoms with van der Waals surface area (Å²) in [6, 6.07) is 12.0. The number of piperidine rings is 1. The molecule has 2 aromatic heterocycles. The SMILES string of the molecule is Cn1nccc1C1C[C@H]2CC[C@@H](C1)N2c1ccc2cc([N+](=O)[O-])ccc2n1. The van der Waals surface area contributed by atoms with Gasteiger partial charge in [-0.05, 0) is 49.9 Å². The first-order valence-corrected chi connectivity index (χ1v) is 9.41. The van der Waals surface area contributed by atoms with Gasteiger partial charge in [0.1, 0.15) is 5.82 Å². The number of pyridine rings is 1. The first kappa shape index (κ1) is 16.2. The zero-order chi connectivity index (χ0) is 18.5. The summed E-state index contributed by atoms with van der Waals surface area (Å²) in [6.07, 6.45) is 6.51. The van der Waals surface area contributed by atoms with Crippen LogP contribution in [0.2, 0.25) is 0 Å². The van der Waals surface area contributed by atoms with E-state index in [0.717, 1.165) is 29.6 Å². The lowest BCUT2D eigenvalue weighted by Crippen LogP contribution is -2.43. The van der Waals surface area contributed by atoms with E-state index in [1.807, 2.05) is 30.1 Å². The Morgan fingerprint density at radius 2 is 1.89 bits per heavy atom. The van der Waals surface area contributed by atoms with Gasteiger partial charge in [-0.1, -0.05) is 0 Å². The summed E-state index contributed by atoms with van der Waals surface area (Å²) < 4.78 is 2.00. The minimum Gasteiger partial charge on any atom is -0.351 e. The highest BCUT2D eigenvalue weighted by molar-refractivity contribution is 5.82. The zero-order valence-corrected chi connectivity index (χ0v) is 15.2. The lowest BCUT2D eigenvalue weighted by molar-refractivity contribution is -0.384. The van der Waals surface area contributed by atoms with Gasteiger partial charge in [0.05, 0.1) is 10.4 Å². The van der Waals surface area contributed by atoms with Gasteiger partial charge in [-0.2, -0.15) is 5.10 Å². The van der Waals surface area contributed by atoms with Crippen LogP contribution in [0.25, 0.3) is 10.9 Å². The number of non-ortho nitro benzene ring substituents is 1. The van der Waals surface area contributed by atoms with Gasteiger partial charge in [-0.3, -0.25) is 14.8 Å². The molecule has 0 N–H and O–H groups in total. The van der Waals surface area contributed by atoms with Crippen LogP contribution in [0.5, 0.6) is 0 Å². The van der Waals surface area contributed by atoms with Gasteiger partial charge in [0.2, 0.25) is 0 Å². The smallest absolute Gasteiger partial charge is 0.270 e. The molecule has 3 atom stereocenters. The number of hydrogen-bond acceptors (Lipinski definition) is 5. The summed E-state index contributed by atoms with van der Waals surface area (Å²) in [5, 5.41) is 16.1. The first-order valence-electron chi connectivity index (χ1n) is 9.41. The molecule has 5 rings (SSSR count). The molecule has 2 bridgehead atoms. The highest BCUT2D eigenvalue weighted by Gasteiger charge is 2.42. The second-order valence-electron chi connectivity index (χ2n) is 7.64. The Balaban J connectivity index is 1.44. The van der Waals surface area contributed by atoms with Crippen molar-refractivity contribution >= 4 is 22.4 Å². The van der Waals surface area contributed by atoms with E-state index in [1.165, 1.54) is 24.6 Å². The second kappa shape index (κ2) is 6.04. The van der Waals surface area contributed by atoms with E-state index < -0.39 is 0 Å². The molecule has 0 amide bonds. The van der Waals surface area contributed by atoms with Crippen LogP contribution in [0.1, 0.15) is 37.3 Å². The molecule has 0 aliphatic carbocycles. The van der Waals surface area contributed by atoms with Crippen LogP contribution in [-0.2, 0) is 7.05 Å². The fraction of sp³-hybridized carbons (Fsp3) is 0.400. The summed E-state index contributed by atoms with van der Waals surface area (Å²) >= 11 is 0. The Bertz CT molecular complexity index is 1020. The van der Waals surface area contributed by atoms with Crippen LogP contribution in [-0.4, -0.2) is 31.8 Å². The molecule has 7 heteroatoms. The van der Waals surface area contributed by atoms with E-state index in [4.69, 9.17) is 4.98 Å². The van der Waals surface area contributed by atoms with Crippen molar-refractivity contribution in [1.29, 1.82) is 0 Å². The summed E-state index contributed by atoms with van der Waals surface area (Å²) in [6.45, 7) is 0. The van der Waals surface area contributed by atoms with E-state index in [0.29, 0.717) is 18.0 Å². The third-order valence-corrected chi connectivity index (χ3v) is 6.14. The summed E-state index contributed by atoms with van der Waals surface area (Å²) in [7, 11) is 2.02. The number of hydrogen-bond donors (Lipinski definition) is 0. The molecule has 0 saturated carbocycles. The number of fused-ring (bicyclic) bond motifs is 3. The highest BCUT2D eigenvalue weighted by Crippen LogP contribution is 2.44. The fourth-order valence-corrected chi connectivity index (χ4v) is 4.94. The van der Waals surface area contributed by atoms with Gasteiger partial charge in [-0.25, -0.2) is 4.98 Å². The molecule has 2 fully saturated rings. The predicted molar refractivity (Wildman–Crippen MR) is 103 cm³/mol. The molecule has 0 radical (unpaired) electrons. The number of nitro groups is 1. The molecule has 27 heavy (non-hydrogen) atoms.